The van der Waals surface area contributed by atoms with Gasteiger partial charge in [0.05, 0.1) is 13.2 Å². The molecule has 0 radical (unpaired) electrons. The Hall–Kier alpha value is 0.0569. The third kappa shape index (κ3) is 7.02. The lowest BCUT2D eigenvalue weighted by atomic mass is 10.3. The number of hydrogen-bond acceptors (Lipinski definition) is 4. The summed E-state index contributed by atoms with van der Waals surface area (Å²) in [5, 5.41) is 0. The van der Waals surface area contributed by atoms with Gasteiger partial charge in [0.2, 0.25) is 0 Å². The van der Waals surface area contributed by atoms with Crippen molar-refractivity contribution in [2.75, 3.05) is 19.8 Å². The molecule has 15 heavy (non-hydrogen) atoms. The molecule has 1 rings (SSSR count). The van der Waals surface area contributed by atoms with Gasteiger partial charge in [0.25, 0.3) is 0 Å². The highest BCUT2D eigenvalue weighted by Gasteiger charge is 2.29. The van der Waals surface area contributed by atoms with Gasteiger partial charge >= 0.3 is 8.56 Å². The molecule has 0 spiro atoms. The number of rotatable bonds is 8. The van der Waals surface area contributed by atoms with E-state index in [-0.39, 0.29) is 0 Å². The second-order valence-corrected chi connectivity index (χ2v) is 7.59. The molecule has 0 bridgehead atoms. The van der Waals surface area contributed by atoms with Crippen LogP contribution in [0.25, 0.3) is 0 Å². The molecule has 0 aromatic rings. The monoisotopic (exact) mass is 234 g/mol. The highest BCUT2D eigenvalue weighted by Crippen LogP contribution is 2.17. The first kappa shape index (κ1) is 13.1. The summed E-state index contributed by atoms with van der Waals surface area (Å²) < 4.78 is 10.3. The van der Waals surface area contributed by atoms with Gasteiger partial charge in [-0.05, 0) is 24.4 Å². The quantitative estimate of drug-likeness (QED) is 0.372. The summed E-state index contributed by atoms with van der Waals surface area (Å²) >= 11 is 0. The highest BCUT2D eigenvalue weighted by molar-refractivity contribution is 6.64. The van der Waals surface area contributed by atoms with E-state index in [1.165, 1.54) is 0 Å². The molecule has 1 fully saturated rings. The summed E-state index contributed by atoms with van der Waals surface area (Å²) in [5.41, 5.74) is 0. The van der Waals surface area contributed by atoms with Crippen LogP contribution in [-0.4, -0.2) is 44.1 Å². The molecule has 1 aliphatic heterocycles. The minimum absolute atomic E-state index is 0.297. The van der Waals surface area contributed by atoms with Crippen LogP contribution in [0.4, 0.5) is 0 Å². The fraction of sp³-hybridized carbons (Fsp3) is 1.00. The zero-order valence-electron chi connectivity index (χ0n) is 9.61. The molecule has 1 saturated heterocycles. The lowest BCUT2D eigenvalue weighted by molar-refractivity contribution is 0.115. The Bertz CT molecular complexity index is 180. The summed E-state index contributed by atoms with van der Waals surface area (Å²) in [6.07, 6.45) is 1.03. The van der Waals surface area contributed by atoms with Crippen LogP contribution in [0, 0.1) is 5.92 Å². The standard InChI is InChI=1S/C10H22O4Si/c1-9(2)8-15(11,12)5-3-4-13-6-10-7-14-10/h9-12H,3-8H2,1-2H3. The molecule has 1 atom stereocenters. The first-order chi connectivity index (χ1) is 6.99. The van der Waals surface area contributed by atoms with Crippen LogP contribution >= 0.6 is 0 Å². The van der Waals surface area contributed by atoms with Crippen molar-refractivity contribution in [3.8, 4) is 0 Å². The summed E-state index contributed by atoms with van der Waals surface area (Å²) in [5.74, 6) is 0.354. The van der Waals surface area contributed by atoms with Crippen LogP contribution in [0.1, 0.15) is 20.3 Å². The minimum atomic E-state index is -2.94. The van der Waals surface area contributed by atoms with Gasteiger partial charge < -0.3 is 19.1 Å². The third-order valence-electron chi connectivity index (χ3n) is 2.31. The van der Waals surface area contributed by atoms with Crippen molar-refractivity contribution in [2.24, 2.45) is 5.92 Å². The van der Waals surface area contributed by atoms with E-state index in [4.69, 9.17) is 9.47 Å². The largest absolute Gasteiger partial charge is 0.411 e. The fourth-order valence-corrected chi connectivity index (χ4v) is 3.81. The normalized spacial score (nSPS) is 21.0. The number of epoxide rings is 1. The third-order valence-corrected chi connectivity index (χ3v) is 4.93. The molecule has 0 aromatic carbocycles. The SMILES string of the molecule is CC(C)C[Si](O)(O)CCCOCC1CO1. The van der Waals surface area contributed by atoms with Crippen molar-refractivity contribution < 1.29 is 19.1 Å². The van der Waals surface area contributed by atoms with Gasteiger partial charge in [-0.1, -0.05) is 13.8 Å². The molecule has 0 aliphatic carbocycles. The predicted octanol–water partition coefficient (Wildman–Crippen LogP) is 0.875. The number of ether oxygens (including phenoxy) is 2. The molecule has 0 amide bonds. The average molecular weight is 234 g/mol. The minimum Gasteiger partial charge on any atom is -0.411 e. The summed E-state index contributed by atoms with van der Waals surface area (Å²) in [6.45, 7) is 6.08. The van der Waals surface area contributed by atoms with E-state index in [9.17, 15) is 9.59 Å². The maximum Gasteiger partial charge on any atom is 0.333 e. The van der Waals surface area contributed by atoms with E-state index >= 15 is 0 Å². The van der Waals surface area contributed by atoms with E-state index in [0.717, 1.165) is 13.0 Å². The van der Waals surface area contributed by atoms with Gasteiger partial charge in [-0.2, -0.15) is 0 Å². The van der Waals surface area contributed by atoms with Crippen LogP contribution in [0.15, 0.2) is 0 Å². The summed E-state index contributed by atoms with van der Waals surface area (Å²) in [7, 11) is -2.94. The van der Waals surface area contributed by atoms with E-state index in [2.05, 4.69) is 0 Å². The molecule has 5 heteroatoms. The molecule has 2 N–H and O–H groups in total. The van der Waals surface area contributed by atoms with Crippen LogP contribution in [-0.2, 0) is 9.47 Å². The van der Waals surface area contributed by atoms with Gasteiger partial charge in [0.15, 0.2) is 0 Å². The topological polar surface area (TPSA) is 62.2 Å². The van der Waals surface area contributed by atoms with Crippen molar-refractivity contribution in [1.82, 2.24) is 0 Å². The maximum atomic E-state index is 9.72. The van der Waals surface area contributed by atoms with Gasteiger partial charge in [-0.3, -0.25) is 0 Å². The lowest BCUT2D eigenvalue weighted by Crippen LogP contribution is -2.36. The van der Waals surface area contributed by atoms with E-state index in [1.54, 1.807) is 0 Å². The average Bonchev–Trinajstić information content (AvgIpc) is 2.84. The van der Waals surface area contributed by atoms with Crippen LogP contribution in [0.3, 0.4) is 0 Å². The van der Waals surface area contributed by atoms with Crippen molar-refractivity contribution in [1.29, 1.82) is 0 Å². The van der Waals surface area contributed by atoms with E-state index in [1.807, 2.05) is 13.8 Å². The lowest BCUT2D eigenvalue weighted by Gasteiger charge is -2.19. The molecule has 0 saturated carbocycles. The molecule has 4 nitrogen and oxygen atoms in total. The van der Waals surface area contributed by atoms with Crippen LogP contribution < -0.4 is 0 Å². The molecule has 1 unspecified atom stereocenters. The van der Waals surface area contributed by atoms with Crippen molar-refractivity contribution >= 4 is 8.56 Å². The van der Waals surface area contributed by atoms with Gasteiger partial charge in [-0.15, -0.1) is 0 Å². The maximum absolute atomic E-state index is 9.72. The molecule has 1 heterocycles. The first-order valence-corrected chi connectivity index (χ1v) is 7.94. The second kappa shape index (κ2) is 5.96. The Balaban J connectivity index is 1.96. The first-order valence-electron chi connectivity index (χ1n) is 5.64. The fourth-order valence-electron chi connectivity index (χ4n) is 1.59. The Kier molecular flexibility index (Phi) is 5.21. The van der Waals surface area contributed by atoms with Gasteiger partial charge in [0.1, 0.15) is 6.10 Å². The Morgan fingerprint density at radius 1 is 1.47 bits per heavy atom. The van der Waals surface area contributed by atoms with Crippen LogP contribution in [0.2, 0.25) is 12.1 Å². The highest BCUT2D eigenvalue weighted by atomic mass is 28.4. The second-order valence-electron chi connectivity index (χ2n) is 4.71. The smallest absolute Gasteiger partial charge is 0.333 e. The van der Waals surface area contributed by atoms with Crippen molar-refractivity contribution in [3.05, 3.63) is 0 Å². The van der Waals surface area contributed by atoms with E-state index < -0.39 is 8.56 Å². The summed E-state index contributed by atoms with van der Waals surface area (Å²) in [4.78, 5) is 19.4. The van der Waals surface area contributed by atoms with Crippen molar-refractivity contribution in [3.63, 3.8) is 0 Å². The Morgan fingerprint density at radius 2 is 2.13 bits per heavy atom. The zero-order chi connectivity index (χ0) is 11.3. The zero-order valence-corrected chi connectivity index (χ0v) is 10.6. The van der Waals surface area contributed by atoms with Gasteiger partial charge in [-0.25, -0.2) is 0 Å². The molecular weight excluding hydrogens is 212 g/mol. The Labute approximate surface area is 92.5 Å². The van der Waals surface area contributed by atoms with Crippen LogP contribution in [0.5, 0.6) is 0 Å². The van der Waals surface area contributed by atoms with Crippen molar-refractivity contribution in [2.45, 2.75) is 38.5 Å². The predicted molar refractivity (Wildman–Crippen MR) is 59.8 cm³/mol. The molecule has 1 aliphatic rings. The number of hydrogen-bond donors (Lipinski definition) is 2. The Morgan fingerprint density at radius 3 is 2.67 bits per heavy atom. The van der Waals surface area contributed by atoms with E-state index in [0.29, 0.717) is 37.3 Å². The van der Waals surface area contributed by atoms with Gasteiger partial charge in [0, 0.05) is 6.61 Å². The molecular formula is C10H22O4Si. The summed E-state index contributed by atoms with van der Waals surface area (Å²) in [6, 6.07) is 1.06. The molecule has 90 valence electrons. The molecule has 0 aromatic heterocycles.